The Morgan fingerprint density at radius 3 is 2.45 bits per heavy atom. The number of nitrogens with zero attached hydrogens (tertiary/aromatic N) is 2. The Morgan fingerprint density at radius 2 is 1.65 bits per heavy atom. The predicted molar refractivity (Wildman–Crippen MR) is 123 cm³/mol. The largest absolute Gasteiger partial charge is 0.507 e. The first-order chi connectivity index (χ1) is 15.2. The van der Waals surface area contributed by atoms with E-state index in [0.717, 1.165) is 29.5 Å². The number of anilines is 1. The molecule has 2 N–H and O–H groups in total. The third-order valence-corrected chi connectivity index (χ3v) is 5.62. The molecule has 0 radical (unpaired) electrons. The molecule has 1 amide bonds. The zero-order chi connectivity index (χ0) is 21.2. The molecule has 0 aliphatic carbocycles. The molecule has 0 saturated carbocycles. The molecule has 1 heterocycles. The Morgan fingerprint density at radius 1 is 0.903 bits per heavy atom. The monoisotopic (exact) mass is 407 g/mol. The summed E-state index contributed by atoms with van der Waals surface area (Å²) >= 11 is 0. The van der Waals surface area contributed by atoms with Crippen molar-refractivity contribution >= 4 is 28.6 Å². The number of benzene rings is 4. The lowest BCUT2D eigenvalue weighted by Gasteiger charge is -2.18. The molecule has 0 bridgehead atoms. The zero-order valence-corrected chi connectivity index (χ0v) is 16.8. The van der Waals surface area contributed by atoms with Crippen molar-refractivity contribution in [2.45, 2.75) is 13.1 Å². The van der Waals surface area contributed by atoms with Crippen LogP contribution >= 0.6 is 0 Å². The van der Waals surface area contributed by atoms with E-state index < -0.39 is 0 Å². The summed E-state index contributed by atoms with van der Waals surface area (Å²) in [5, 5.41) is 16.2. The van der Waals surface area contributed by atoms with Gasteiger partial charge in [0.2, 0.25) is 0 Å². The number of hydrogen-bond acceptors (Lipinski definition) is 4. The van der Waals surface area contributed by atoms with Crippen molar-refractivity contribution in [3.05, 3.63) is 107 Å². The van der Waals surface area contributed by atoms with Gasteiger partial charge in [-0.3, -0.25) is 4.79 Å². The van der Waals surface area contributed by atoms with Gasteiger partial charge in [0.15, 0.2) is 0 Å². The summed E-state index contributed by atoms with van der Waals surface area (Å²) in [7, 11) is 0. The van der Waals surface area contributed by atoms with Gasteiger partial charge in [0, 0.05) is 29.9 Å². The number of fused-ring (bicyclic) bond motifs is 2. The van der Waals surface area contributed by atoms with E-state index in [-0.39, 0.29) is 11.7 Å². The van der Waals surface area contributed by atoms with Crippen molar-refractivity contribution < 1.29 is 9.90 Å². The highest BCUT2D eigenvalue weighted by molar-refractivity contribution is 6.03. The standard InChI is InChI=1S/C26H21N3O2/c30-25-13-12-18-6-3-4-11-23(18)24(25)15-27-28-26(31)19-9-5-10-22(14-19)29-16-20-7-1-2-8-21(20)17-29/h1-15,30H,16-17H2,(H,28,31)/b27-15-. The van der Waals surface area contributed by atoms with Crippen molar-refractivity contribution in [3.63, 3.8) is 0 Å². The van der Waals surface area contributed by atoms with Crippen LogP contribution in [0.3, 0.4) is 0 Å². The molecule has 5 rings (SSSR count). The van der Waals surface area contributed by atoms with E-state index in [0.29, 0.717) is 11.1 Å². The minimum Gasteiger partial charge on any atom is -0.507 e. The van der Waals surface area contributed by atoms with Crippen molar-refractivity contribution in [2.75, 3.05) is 4.90 Å². The Balaban J connectivity index is 1.32. The lowest BCUT2D eigenvalue weighted by Crippen LogP contribution is -2.19. The van der Waals surface area contributed by atoms with E-state index in [1.807, 2.05) is 48.5 Å². The highest BCUT2D eigenvalue weighted by Gasteiger charge is 2.19. The molecule has 0 spiro atoms. The van der Waals surface area contributed by atoms with Gasteiger partial charge in [-0.05, 0) is 46.2 Å². The number of phenolic OH excluding ortho intramolecular Hbond substituents is 1. The van der Waals surface area contributed by atoms with Crippen LogP contribution in [0.15, 0.2) is 90.0 Å². The Bertz CT molecular complexity index is 1290. The van der Waals surface area contributed by atoms with Crippen molar-refractivity contribution in [3.8, 4) is 5.75 Å². The summed E-state index contributed by atoms with van der Waals surface area (Å²) in [6.45, 7) is 1.67. The fourth-order valence-electron chi connectivity index (χ4n) is 4.00. The molecule has 1 aliphatic heterocycles. The first kappa shape index (κ1) is 18.9. The van der Waals surface area contributed by atoms with E-state index in [9.17, 15) is 9.90 Å². The zero-order valence-electron chi connectivity index (χ0n) is 16.8. The van der Waals surface area contributed by atoms with E-state index in [1.165, 1.54) is 17.3 Å². The SMILES string of the molecule is O=C(N/N=C\c1c(O)ccc2ccccc12)c1cccc(N2Cc3ccccc3C2)c1. The van der Waals surface area contributed by atoms with Crippen LogP contribution in [-0.4, -0.2) is 17.2 Å². The molecular formula is C26H21N3O2. The Kier molecular flexibility index (Phi) is 4.84. The van der Waals surface area contributed by atoms with Crippen LogP contribution in [0.2, 0.25) is 0 Å². The molecule has 4 aromatic carbocycles. The van der Waals surface area contributed by atoms with Crippen LogP contribution in [-0.2, 0) is 13.1 Å². The average molecular weight is 407 g/mol. The third-order valence-electron chi connectivity index (χ3n) is 5.62. The molecular weight excluding hydrogens is 386 g/mol. The summed E-state index contributed by atoms with van der Waals surface area (Å²) in [6, 6.07) is 27.1. The van der Waals surface area contributed by atoms with Crippen LogP contribution in [0, 0.1) is 0 Å². The van der Waals surface area contributed by atoms with Gasteiger partial charge in [-0.15, -0.1) is 0 Å². The number of carbonyl (C=O) groups is 1. The van der Waals surface area contributed by atoms with Gasteiger partial charge in [-0.25, -0.2) is 5.43 Å². The molecule has 0 unspecified atom stereocenters. The number of hydrazone groups is 1. The fourth-order valence-corrected chi connectivity index (χ4v) is 4.00. The van der Waals surface area contributed by atoms with E-state index in [4.69, 9.17) is 0 Å². The van der Waals surface area contributed by atoms with Gasteiger partial charge in [0.25, 0.3) is 5.91 Å². The third kappa shape index (κ3) is 3.73. The molecule has 4 aromatic rings. The van der Waals surface area contributed by atoms with Gasteiger partial charge in [-0.2, -0.15) is 5.10 Å². The van der Waals surface area contributed by atoms with Crippen LogP contribution in [0.5, 0.6) is 5.75 Å². The molecule has 0 fully saturated rings. The second kappa shape index (κ2) is 7.95. The number of phenols is 1. The van der Waals surface area contributed by atoms with Gasteiger partial charge in [-0.1, -0.05) is 60.7 Å². The maximum absolute atomic E-state index is 12.7. The normalized spacial score (nSPS) is 13.0. The van der Waals surface area contributed by atoms with Crippen LogP contribution in [0.25, 0.3) is 10.8 Å². The average Bonchev–Trinajstić information content (AvgIpc) is 3.25. The van der Waals surface area contributed by atoms with Crippen molar-refractivity contribution in [1.82, 2.24) is 5.43 Å². The topological polar surface area (TPSA) is 64.9 Å². The lowest BCUT2D eigenvalue weighted by atomic mass is 10.0. The minimum atomic E-state index is -0.297. The summed E-state index contributed by atoms with van der Waals surface area (Å²) in [6.07, 6.45) is 1.48. The highest BCUT2D eigenvalue weighted by Crippen LogP contribution is 2.28. The van der Waals surface area contributed by atoms with E-state index in [1.54, 1.807) is 12.1 Å². The molecule has 0 aromatic heterocycles. The fraction of sp³-hybridized carbons (Fsp3) is 0.0769. The van der Waals surface area contributed by atoms with Gasteiger partial charge in [0.1, 0.15) is 5.75 Å². The quantitative estimate of drug-likeness (QED) is 0.376. The molecule has 31 heavy (non-hydrogen) atoms. The number of aromatic hydroxyl groups is 1. The van der Waals surface area contributed by atoms with E-state index >= 15 is 0 Å². The summed E-state index contributed by atoms with van der Waals surface area (Å²) in [5.74, 6) is -0.179. The van der Waals surface area contributed by atoms with Gasteiger partial charge < -0.3 is 10.0 Å². The van der Waals surface area contributed by atoms with Crippen LogP contribution in [0.1, 0.15) is 27.0 Å². The molecule has 1 aliphatic rings. The van der Waals surface area contributed by atoms with Crippen molar-refractivity contribution in [2.24, 2.45) is 5.10 Å². The van der Waals surface area contributed by atoms with Crippen LogP contribution < -0.4 is 10.3 Å². The Labute approximate surface area is 180 Å². The maximum Gasteiger partial charge on any atom is 0.271 e. The Hall–Kier alpha value is -4.12. The molecule has 0 atom stereocenters. The maximum atomic E-state index is 12.7. The summed E-state index contributed by atoms with van der Waals surface area (Å²) in [5.41, 5.74) is 7.31. The number of carbonyl (C=O) groups excluding carboxylic acids is 1. The van der Waals surface area contributed by atoms with Crippen LogP contribution in [0.4, 0.5) is 5.69 Å². The lowest BCUT2D eigenvalue weighted by molar-refractivity contribution is 0.0955. The summed E-state index contributed by atoms with van der Waals surface area (Å²) < 4.78 is 0. The molecule has 152 valence electrons. The first-order valence-corrected chi connectivity index (χ1v) is 10.1. The minimum absolute atomic E-state index is 0.118. The van der Waals surface area contributed by atoms with Gasteiger partial charge >= 0.3 is 0 Å². The van der Waals surface area contributed by atoms with Gasteiger partial charge in [0.05, 0.1) is 6.21 Å². The van der Waals surface area contributed by atoms with E-state index in [2.05, 4.69) is 39.7 Å². The number of rotatable bonds is 4. The number of nitrogens with one attached hydrogen (secondary N) is 1. The predicted octanol–water partition coefficient (Wildman–Crippen LogP) is 4.83. The molecule has 5 nitrogen and oxygen atoms in total. The second-order valence-corrected chi connectivity index (χ2v) is 7.59. The first-order valence-electron chi connectivity index (χ1n) is 10.1. The molecule has 0 saturated heterocycles. The summed E-state index contributed by atoms with van der Waals surface area (Å²) in [4.78, 5) is 14.9. The smallest absolute Gasteiger partial charge is 0.271 e. The molecule has 5 heteroatoms. The van der Waals surface area contributed by atoms with Crippen molar-refractivity contribution in [1.29, 1.82) is 0 Å². The number of amides is 1. The highest BCUT2D eigenvalue weighted by atomic mass is 16.3. The second-order valence-electron chi connectivity index (χ2n) is 7.59. The number of hydrogen-bond donors (Lipinski definition) is 2.